The SMILES string of the molecule is COCOCC12CC3C(C)CCC3C3(C=O)CC1C=C(C(C)C)C32C(=O)O. The van der Waals surface area contributed by atoms with Gasteiger partial charge in [-0.05, 0) is 48.9 Å². The molecule has 4 bridgehead atoms. The van der Waals surface area contributed by atoms with E-state index in [0.717, 1.165) is 31.1 Å². The number of allylic oxidation sites excluding steroid dienone is 1. The quantitative estimate of drug-likeness (QED) is 0.318. The summed E-state index contributed by atoms with van der Waals surface area (Å²) in [7, 11) is 1.58. The Morgan fingerprint density at radius 3 is 2.70 bits per heavy atom. The monoisotopic (exact) mass is 376 g/mol. The summed E-state index contributed by atoms with van der Waals surface area (Å²) in [6, 6.07) is 0. The maximum absolute atomic E-state index is 13.1. The van der Waals surface area contributed by atoms with Crippen molar-refractivity contribution < 1.29 is 24.2 Å². The molecule has 4 rings (SSSR count). The average Bonchev–Trinajstić information content (AvgIpc) is 3.19. The first-order valence-electron chi connectivity index (χ1n) is 10.3. The van der Waals surface area contributed by atoms with Crippen LogP contribution in [0, 0.1) is 45.8 Å². The van der Waals surface area contributed by atoms with Crippen molar-refractivity contribution in [3.05, 3.63) is 11.6 Å². The standard InChI is InChI=1S/C22H32O5/c1-13(2)18-7-15-8-20(10-23)17-6-5-14(3)16(17)9-21(15,11-27-12-26-4)22(18,20)19(24)25/h7,10,13-17H,5-6,8-9,11-12H2,1-4H3,(H,24,25). The van der Waals surface area contributed by atoms with Gasteiger partial charge in [-0.2, -0.15) is 0 Å². The summed E-state index contributed by atoms with van der Waals surface area (Å²) in [4.78, 5) is 25.9. The molecule has 1 N–H and O–H groups in total. The fourth-order valence-corrected chi connectivity index (χ4v) is 7.94. The first kappa shape index (κ1) is 19.1. The van der Waals surface area contributed by atoms with Crippen LogP contribution in [0.25, 0.3) is 0 Å². The zero-order valence-electron chi connectivity index (χ0n) is 16.9. The van der Waals surface area contributed by atoms with Gasteiger partial charge in [0.2, 0.25) is 0 Å². The van der Waals surface area contributed by atoms with Gasteiger partial charge in [-0.25, -0.2) is 0 Å². The fourth-order valence-electron chi connectivity index (χ4n) is 7.94. The van der Waals surface area contributed by atoms with Gasteiger partial charge in [0.15, 0.2) is 0 Å². The summed E-state index contributed by atoms with van der Waals surface area (Å²) < 4.78 is 11.0. The van der Waals surface area contributed by atoms with Gasteiger partial charge in [-0.15, -0.1) is 0 Å². The summed E-state index contributed by atoms with van der Waals surface area (Å²) >= 11 is 0. The maximum atomic E-state index is 13.1. The van der Waals surface area contributed by atoms with Crippen LogP contribution < -0.4 is 0 Å². The highest BCUT2D eigenvalue weighted by molar-refractivity contribution is 5.90. The predicted molar refractivity (Wildman–Crippen MR) is 99.8 cm³/mol. The molecule has 7 atom stereocenters. The van der Waals surface area contributed by atoms with Crippen molar-refractivity contribution in [3.63, 3.8) is 0 Å². The Labute approximate surface area is 161 Å². The third kappa shape index (κ3) is 1.97. The molecule has 5 heteroatoms. The van der Waals surface area contributed by atoms with Crippen LogP contribution in [0.3, 0.4) is 0 Å². The molecule has 0 aliphatic heterocycles. The first-order chi connectivity index (χ1) is 12.8. The topological polar surface area (TPSA) is 72.8 Å². The second-order valence-corrected chi connectivity index (χ2v) is 9.74. The molecule has 4 aliphatic rings. The van der Waals surface area contributed by atoms with Crippen LogP contribution in [0.15, 0.2) is 11.6 Å². The Bertz CT molecular complexity index is 684. The Hall–Kier alpha value is -1.20. The van der Waals surface area contributed by atoms with Crippen molar-refractivity contribution in [2.75, 3.05) is 20.5 Å². The molecule has 0 spiro atoms. The van der Waals surface area contributed by atoms with Gasteiger partial charge in [-0.3, -0.25) is 4.79 Å². The van der Waals surface area contributed by atoms with E-state index < -0.39 is 22.2 Å². The minimum absolute atomic E-state index is 0.0888. The number of carboxylic acid groups (broad SMARTS) is 1. The number of carbonyl (C=O) groups excluding carboxylic acids is 1. The van der Waals surface area contributed by atoms with Crippen LogP contribution in [0.5, 0.6) is 0 Å². The third-order valence-electron chi connectivity index (χ3n) is 8.68. The van der Waals surface area contributed by atoms with Gasteiger partial charge in [0, 0.05) is 12.5 Å². The molecule has 0 aromatic rings. The van der Waals surface area contributed by atoms with Crippen LogP contribution in [-0.2, 0) is 19.1 Å². The van der Waals surface area contributed by atoms with E-state index in [4.69, 9.17) is 9.47 Å². The Morgan fingerprint density at radius 2 is 2.11 bits per heavy atom. The van der Waals surface area contributed by atoms with Gasteiger partial charge in [0.1, 0.15) is 18.5 Å². The van der Waals surface area contributed by atoms with Crippen LogP contribution in [0.1, 0.15) is 46.5 Å². The summed E-state index contributed by atoms with van der Waals surface area (Å²) in [5.41, 5.74) is -1.53. The number of hydrogen-bond acceptors (Lipinski definition) is 4. The molecule has 0 saturated heterocycles. The molecule has 7 unspecified atom stereocenters. The molecule has 0 aromatic carbocycles. The summed E-state index contributed by atoms with van der Waals surface area (Å²) in [6.45, 7) is 6.88. The molecule has 3 fully saturated rings. The lowest BCUT2D eigenvalue weighted by Crippen LogP contribution is -2.63. The Morgan fingerprint density at radius 1 is 1.37 bits per heavy atom. The molecule has 0 amide bonds. The van der Waals surface area contributed by atoms with Gasteiger partial charge in [-0.1, -0.05) is 38.8 Å². The highest BCUT2D eigenvalue weighted by Crippen LogP contribution is 2.82. The molecular formula is C22H32O5. The van der Waals surface area contributed by atoms with Crippen LogP contribution in [-0.4, -0.2) is 37.9 Å². The van der Waals surface area contributed by atoms with Crippen molar-refractivity contribution in [3.8, 4) is 0 Å². The second kappa shape index (κ2) is 6.15. The Kier molecular flexibility index (Phi) is 4.36. The third-order valence-corrected chi connectivity index (χ3v) is 8.68. The van der Waals surface area contributed by atoms with Crippen molar-refractivity contribution >= 4 is 12.3 Å². The van der Waals surface area contributed by atoms with E-state index in [9.17, 15) is 14.7 Å². The molecule has 5 nitrogen and oxygen atoms in total. The number of methoxy groups -OCH3 is 1. The molecule has 150 valence electrons. The Balaban J connectivity index is 1.94. The number of carboxylic acids is 1. The maximum Gasteiger partial charge on any atom is 0.315 e. The van der Waals surface area contributed by atoms with E-state index in [1.165, 1.54) is 0 Å². The van der Waals surface area contributed by atoms with E-state index in [0.29, 0.717) is 24.9 Å². The number of fused-ring (bicyclic) bond motifs is 2. The van der Waals surface area contributed by atoms with E-state index in [2.05, 4.69) is 26.8 Å². The van der Waals surface area contributed by atoms with Crippen LogP contribution >= 0.6 is 0 Å². The molecule has 0 aromatic heterocycles. The van der Waals surface area contributed by atoms with Crippen molar-refractivity contribution in [2.24, 2.45) is 45.8 Å². The largest absolute Gasteiger partial charge is 0.481 e. The van der Waals surface area contributed by atoms with Crippen molar-refractivity contribution in [1.82, 2.24) is 0 Å². The van der Waals surface area contributed by atoms with E-state index in [-0.39, 0.29) is 24.5 Å². The van der Waals surface area contributed by atoms with Crippen molar-refractivity contribution in [2.45, 2.75) is 46.5 Å². The normalized spacial score (nSPS) is 47.2. The summed E-state index contributed by atoms with van der Waals surface area (Å²) in [5.74, 6) is 0.465. The molecule has 27 heavy (non-hydrogen) atoms. The fraction of sp³-hybridized carbons (Fsp3) is 0.818. The molecule has 0 heterocycles. The van der Waals surface area contributed by atoms with Gasteiger partial charge >= 0.3 is 5.97 Å². The number of aldehydes is 1. The predicted octanol–water partition coefficient (Wildman–Crippen LogP) is 3.53. The highest BCUT2D eigenvalue weighted by atomic mass is 16.7. The molecule has 0 radical (unpaired) electrons. The molecule has 3 saturated carbocycles. The lowest BCUT2D eigenvalue weighted by Gasteiger charge is -2.58. The van der Waals surface area contributed by atoms with Crippen LogP contribution in [0.4, 0.5) is 0 Å². The van der Waals surface area contributed by atoms with E-state index >= 15 is 0 Å². The van der Waals surface area contributed by atoms with E-state index in [1.807, 2.05) is 0 Å². The lowest BCUT2D eigenvalue weighted by atomic mass is 9.43. The highest BCUT2D eigenvalue weighted by Gasteiger charge is 2.84. The second-order valence-electron chi connectivity index (χ2n) is 9.74. The summed E-state index contributed by atoms with van der Waals surface area (Å²) in [5, 5.41) is 10.7. The first-order valence-corrected chi connectivity index (χ1v) is 10.3. The van der Waals surface area contributed by atoms with Gasteiger partial charge < -0.3 is 19.4 Å². The number of rotatable bonds is 7. The lowest BCUT2D eigenvalue weighted by molar-refractivity contribution is -0.191. The molecule has 4 aliphatic carbocycles. The van der Waals surface area contributed by atoms with Crippen molar-refractivity contribution in [1.29, 1.82) is 0 Å². The number of aliphatic carboxylic acids is 1. The molecular weight excluding hydrogens is 344 g/mol. The zero-order valence-corrected chi connectivity index (χ0v) is 16.9. The van der Waals surface area contributed by atoms with E-state index in [1.54, 1.807) is 7.11 Å². The minimum atomic E-state index is -1.14. The minimum Gasteiger partial charge on any atom is -0.481 e. The smallest absolute Gasteiger partial charge is 0.315 e. The van der Waals surface area contributed by atoms with Crippen LogP contribution in [0.2, 0.25) is 0 Å². The average molecular weight is 376 g/mol. The van der Waals surface area contributed by atoms with Gasteiger partial charge in [0.05, 0.1) is 12.0 Å². The zero-order chi connectivity index (χ0) is 19.6. The van der Waals surface area contributed by atoms with Gasteiger partial charge in [0.25, 0.3) is 0 Å². The number of ether oxygens (including phenoxy) is 2. The number of hydrogen-bond donors (Lipinski definition) is 1. The summed E-state index contributed by atoms with van der Waals surface area (Å²) in [6.07, 6.45) is 6.79. The number of carbonyl (C=O) groups is 2.